The maximum atomic E-state index is 10.9. The molecule has 108 valence electrons. The molecule has 0 aliphatic rings. The zero-order chi connectivity index (χ0) is 15.6. The normalized spacial score (nSPS) is 9.73. The summed E-state index contributed by atoms with van der Waals surface area (Å²) in [5, 5.41) is 22.0. The number of carboxylic acids is 1. The van der Waals surface area contributed by atoms with Crippen LogP contribution in [0.5, 0.6) is 11.5 Å². The first-order chi connectivity index (χ1) is 9.88. The number of nitrogens with zero attached hydrogens (tertiary/aromatic N) is 1. The molecule has 0 aliphatic heterocycles. The Morgan fingerprint density at radius 2 is 1.91 bits per heavy atom. The fourth-order valence-corrected chi connectivity index (χ4v) is 1.99. The minimum absolute atomic E-state index is 0. The van der Waals surface area contributed by atoms with Crippen molar-refractivity contribution in [2.75, 3.05) is 0 Å². The molecule has 0 bridgehead atoms. The Hall–Kier alpha value is -1.60. The van der Waals surface area contributed by atoms with E-state index in [0.717, 1.165) is 17.7 Å². The number of aromatic carboxylic acids is 1. The molecule has 0 atom stereocenters. The molecular formula is C14H9ClNNaO5. The zero-order valence-electron chi connectivity index (χ0n) is 11.8. The monoisotopic (exact) mass is 329 g/mol. The summed E-state index contributed by atoms with van der Waals surface area (Å²) in [7, 11) is 0. The number of hydrogen-bond acceptors (Lipinski definition) is 5. The van der Waals surface area contributed by atoms with Gasteiger partial charge in [-0.3, -0.25) is 10.1 Å². The average Bonchev–Trinajstić information content (AvgIpc) is 2.41. The minimum atomic E-state index is -1.65. The molecule has 2 rings (SSSR count). The summed E-state index contributed by atoms with van der Waals surface area (Å²) in [6, 6.07) is 8.44. The van der Waals surface area contributed by atoms with Gasteiger partial charge in [0.25, 0.3) is 5.69 Å². The van der Waals surface area contributed by atoms with E-state index < -0.39 is 22.1 Å². The largest absolute Gasteiger partial charge is 1.00 e. The molecule has 0 aromatic heterocycles. The molecule has 0 unspecified atom stereocenters. The predicted octanol–water partition coefficient (Wildman–Crippen LogP) is -0.284. The summed E-state index contributed by atoms with van der Waals surface area (Å²) in [6.07, 6.45) is 0. The van der Waals surface area contributed by atoms with Crippen LogP contribution in [0.2, 0.25) is 5.02 Å². The number of ether oxygens (including phenoxy) is 1. The van der Waals surface area contributed by atoms with Crippen LogP contribution >= 0.6 is 11.6 Å². The number of carboxylic acid groups (broad SMARTS) is 1. The first-order valence-electron chi connectivity index (χ1n) is 5.82. The molecule has 0 fully saturated rings. The third-order valence-corrected chi connectivity index (χ3v) is 3.00. The minimum Gasteiger partial charge on any atom is -0.545 e. The van der Waals surface area contributed by atoms with Crippen molar-refractivity contribution in [2.24, 2.45) is 0 Å². The summed E-state index contributed by atoms with van der Waals surface area (Å²) in [5.74, 6) is -1.21. The molecule has 0 aliphatic carbocycles. The van der Waals surface area contributed by atoms with Crippen molar-refractivity contribution in [3.8, 4) is 11.5 Å². The number of carbonyl (C=O) groups excluding carboxylic acids is 1. The van der Waals surface area contributed by atoms with Crippen molar-refractivity contribution in [1.82, 2.24) is 0 Å². The van der Waals surface area contributed by atoms with Crippen LogP contribution in [-0.2, 0) is 0 Å². The Bertz CT molecular complexity index is 735. The van der Waals surface area contributed by atoms with E-state index in [1.165, 1.54) is 6.07 Å². The van der Waals surface area contributed by atoms with Gasteiger partial charge in [0.2, 0.25) is 0 Å². The number of halogens is 1. The molecule has 2 aromatic rings. The molecule has 2 aromatic carbocycles. The van der Waals surface area contributed by atoms with Crippen LogP contribution in [0.1, 0.15) is 15.9 Å². The Kier molecular flexibility index (Phi) is 6.37. The molecule has 0 amide bonds. The average molecular weight is 330 g/mol. The summed E-state index contributed by atoms with van der Waals surface area (Å²) >= 11 is 6.00. The molecule has 0 N–H and O–H groups in total. The summed E-state index contributed by atoms with van der Waals surface area (Å²) in [5.41, 5.74) is -0.176. The van der Waals surface area contributed by atoms with E-state index in [1.807, 2.05) is 6.92 Å². The SMILES string of the molecule is Cc1ccc(Oc2ccc([N+](=O)[O-])c(C(=O)[O-])c2)c(Cl)c1.[Na+]. The van der Waals surface area contributed by atoms with E-state index in [-0.39, 0.29) is 35.3 Å². The van der Waals surface area contributed by atoms with Crippen molar-refractivity contribution >= 4 is 23.3 Å². The molecule has 0 spiro atoms. The third kappa shape index (κ3) is 4.20. The van der Waals surface area contributed by atoms with Crippen molar-refractivity contribution in [3.63, 3.8) is 0 Å². The van der Waals surface area contributed by atoms with E-state index in [0.29, 0.717) is 10.8 Å². The zero-order valence-corrected chi connectivity index (χ0v) is 14.6. The van der Waals surface area contributed by atoms with Crippen LogP contribution in [0.3, 0.4) is 0 Å². The number of carbonyl (C=O) groups is 1. The summed E-state index contributed by atoms with van der Waals surface area (Å²) in [6.45, 7) is 1.86. The molecule has 0 saturated carbocycles. The van der Waals surface area contributed by atoms with Crippen LogP contribution in [-0.4, -0.2) is 10.9 Å². The number of aryl methyl sites for hydroxylation is 1. The second kappa shape index (κ2) is 7.60. The van der Waals surface area contributed by atoms with Gasteiger partial charge in [0.15, 0.2) is 0 Å². The Morgan fingerprint density at radius 3 is 2.45 bits per heavy atom. The van der Waals surface area contributed by atoms with E-state index in [9.17, 15) is 20.0 Å². The topological polar surface area (TPSA) is 92.5 Å². The summed E-state index contributed by atoms with van der Waals surface area (Å²) in [4.78, 5) is 20.9. The number of rotatable bonds is 4. The van der Waals surface area contributed by atoms with Gasteiger partial charge in [-0.2, -0.15) is 0 Å². The number of nitro benzene ring substituents is 1. The third-order valence-electron chi connectivity index (χ3n) is 2.70. The van der Waals surface area contributed by atoms with E-state index >= 15 is 0 Å². The van der Waals surface area contributed by atoms with Gasteiger partial charge in [-0.05, 0) is 36.8 Å². The van der Waals surface area contributed by atoms with Gasteiger partial charge in [0.1, 0.15) is 11.5 Å². The first-order valence-corrected chi connectivity index (χ1v) is 6.20. The van der Waals surface area contributed by atoms with Crippen LogP contribution < -0.4 is 39.4 Å². The van der Waals surface area contributed by atoms with Crippen molar-refractivity contribution < 1.29 is 49.1 Å². The Morgan fingerprint density at radius 1 is 1.23 bits per heavy atom. The standard InChI is InChI=1S/C14H10ClNO5.Na/c1-8-2-5-13(11(15)6-8)21-9-3-4-12(16(19)20)10(7-9)14(17)18;/h2-7H,1H3,(H,17,18);/q;+1/p-1. The van der Waals surface area contributed by atoms with E-state index in [4.69, 9.17) is 16.3 Å². The molecule has 6 nitrogen and oxygen atoms in total. The molecular weight excluding hydrogens is 321 g/mol. The van der Waals surface area contributed by atoms with Crippen molar-refractivity contribution in [2.45, 2.75) is 6.92 Å². The summed E-state index contributed by atoms with van der Waals surface area (Å²) < 4.78 is 5.44. The Balaban J connectivity index is 0.00000242. The molecule has 0 radical (unpaired) electrons. The molecule has 22 heavy (non-hydrogen) atoms. The maximum Gasteiger partial charge on any atom is 1.00 e. The van der Waals surface area contributed by atoms with Crippen molar-refractivity contribution in [3.05, 3.63) is 62.7 Å². The molecule has 0 saturated heterocycles. The fraction of sp³-hybridized carbons (Fsp3) is 0.0714. The maximum absolute atomic E-state index is 10.9. The van der Waals surface area contributed by atoms with Gasteiger partial charge in [-0.25, -0.2) is 0 Å². The fourth-order valence-electron chi connectivity index (χ4n) is 1.72. The second-order valence-corrected chi connectivity index (χ2v) is 4.67. The molecule has 0 heterocycles. The number of hydrogen-bond donors (Lipinski definition) is 0. The predicted molar refractivity (Wildman–Crippen MR) is 73.7 cm³/mol. The van der Waals surface area contributed by atoms with Crippen molar-refractivity contribution in [1.29, 1.82) is 0 Å². The first kappa shape index (κ1) is 18.4. The van der Waals surface area contributed by atoms with Crippen LogP contribution in [0.15, 0.2) is 36.4 Å². The van der Waals surface area contributed by atoms with Crippen LogP contribution in [0, 0.1) is 17.0 Å². The van der Waals surface area contributed by atoms with Crippen LogP contribution in [0.25, 0.3) is 0 Å². The molecule has 8 heteroatoms. The van der Waals surface area contributed by atoms with Gasteiger partial charge in [0, 0.05) is 6.07 Å². The van der Waals surface area contributed by atoms with E-state index in [1.54, 1.807) is 18.2 Å². The smallest absolute Gasteiger partial charge is 0.545 e. The second-order valence-electron chi connectivity index (χ2n) is 4.26. The van der Waals surface area contributed by atoms with Gasteiger partial charge < -0.3 is 14.6 Å². The van der Waals surface area contributed by atoms with Gasteiger partial charge >= 0.3 is 29.6 Å². The Labute approximate surface area is 153 Å². The van der Waals surface area contributed by atoms with Gasteiger partial charge in [0.05, 0.1) is 21.5 Å². The number of nitro groups is 1. The van der Waals surface area contributed by atoms with Gasteiger partial charge in [-0.1, -0.05) is 17.7 Å². The van der Waals surface area contributed by atoms with Crippen LogP contribution in [0.4, 0.5) is 5.69 Å². The number of benzene rings is 2. The quantitative estimate of drug-likeness (QED) is 0.437. The van der Waals surface area contributed by atoms with Gasteiger partial charge in [-0.15, -0.1) is 0 Å². The van der Waals surface area contributed by atoms with E-state index in [2.05, 4.69) is 0 Å².